The maximum Gasteiger partial charge on any atom is 0.438 e. The Morgan fingerprint density at radius 2 is 1.69 bits per heavy atom. The van der Waals surface area contributed by atoms with Gasteiger partial charge in [-0.2, -0.15) is 5.10 Å². The number of aromatic nitrogens is 3. The van der Waals surface area contributed by atoms with E-state index in [0.717, 1.165) is 14.2 Å². The number of anilines is 1. The fourth-order valence-electron chi connectivity index (χ4n) is 2.78. The Bertz CT molecular complexity index is 1350. The Balaban J connectivity index is 2.00. The minimum absolute atomic E-state index is 0.0152. The number of rotatable bonds is 4. The van der Waals surface area contributed by atoms with Crippen molar-refractivity contribution in [2.24, 2.45) is 0 Å². The van der Waals surface area contributed by atoms with Crippen LogP contribution in [0.4, 0.5) is 15.3 Å². The number of hydrogen-bond donors (Lipinski definition) is 2. The van der Waals surface area contributed by atoms with Gasteiger partial charge in [-0.1, -0.05) is 23.2 Å². The van der Waals surface area contributed by atoms with Gasteiger partial charge in [0.15, 0.2) is 5.82 Å². The molecule has 0 spiro atoms. The van der Waals surface area contributed by atoms with E-state index in [1.54, 1.807) is 12.1 Å². The van der Waals surface area contributed by atoms with E-state index in [1.165, 1.54) is 29.1 Å². The number of hydrazine groups is 1. The Hall–Kier alpha value is -3.20. The highest BCUT2D eigenvalue weighted by Gasteiger charge is 2.28. The Kier molecular flexibility index (Phi) is 8.89. The fourth-order valence-corrected chi connectivity index (χ4v) is 4.26. The van der Waals surface area contributed by atoms with Crippen molar-refractivity contribution in [3.05, 3.63) is 66.9 Å². The van der Waals surface area contributed by atoms with Crippen molar-refractivity contribution in [3.63, 3.8) is 0 Å². The van der Waals surface area contributed by atoms with Gasteiger partial charge in [0.2, 0.25) is 0 Å². The van der Waals surface area contributed by atoms with Gasteiger partial charge in [-0.15, -0.1) is 5.01 Å². The maximum atomic E-state index is 13.3. The highest BCUT2D eigenvalue weighted by molar-refractivity contribution is 9.10. The average molecular weight is 665 g/mol. The van der Waals surface area contributed by atoms with Crippen LogP contribution >= 0.6 is 55.1 Å². The summed E-state index contributed by atoms with van der Waals surface area (Å²) in [5.41, 5.74) is 1.83. The maximum absolute atomic E-state index is 13.3. The third-order valence-corrected chi connectivity index (χ3v) is 5.84. The number of methoxy groups -OCH3 is 2. The number of carbonyl (C=O) groups excluding carboxylic acids is 4. The predicted octanol–water partition coefficient (Wildman–Crippen LogP) is 4.83. The van der Waals surface area contributed by atoms with Gasteiger partial charge >= 0.3 is 12.2 Å². The molecule has 0 aliphatic heterocycles. The van der Waals surface area contributed by atoms with Crippen LogP contribution in [-0.4, -0.2) is 58.0 Å². The van der Waals surface area contributed by atoms with E-state index in [4.69, 9.17) is 23.2 Å². The van der Waals surface area contributed by atoms with Crippen LogP contribution in [0.3, 0.4) is 0 Å². The summed E-state index contributed by atoms with van der Waals surface area (Å²) in [5.74, 6) is -1.51. The number of nitrogens with one attached hydrogen (secondary N) is 2. The predicted molar refractivity (Wildman–Crippen MR) is 135 cm³/mol. The molecular weight excluding hydrogens is 651 g/mol. The Morgan fingerprint density at radius 3 is 2.31 bits per heavy atom. The van der Waals surface area contributed by atoms with Gasteiger partial charge in [0.25, 0.3) is 11.8 Å². The molecule has 2 N–H and O–H groups in total. The molecule has 1 aromatic carbocycles. The molecule has 0 aliphatic carbocycles. The lowest BCUT2D eigenvalue weighted by atomic mass is 10.1. The third kappa shape index (κ3) is 5.95. The molecule has 0 saturated heterocycles. The number of amides is 4. The minimum atomic E-state index is -1.22. The molecule has 0 radical (unpaired) electrons. The summed E-state index contributed by atoms with van der Waals surface area (Å²) in [4.78, 5) is 54.3. The number of imide groups is 1. The van der Waals surface area contributed by atoms with E-state index in [-0.39, 0.29) is 42.3 Å². The van der Waals surface area contributed by atoms with E-state index < -0.39 is 24.0 Å². The van der Waals surface area contributed by atoms with Gasteiger partial charge in [-0.05, 0) is 56.1 Å². The number of nitrogens with zero attached hydrogens (tertiary/aromatic N) is 4. The summed E-state index contributed by atoms with van der Waals surface area (Å²) in [6.07, 6.45) is -0.962. The molecule has 188 valence electrons. The van der Waals surface area contributed by atoms with Crippen LogP contribution in [0.1, 0.15) is 20.8 Å². The highest BCUT2D eigenvalue weighted by atomic mass is 79.9. The summed E-state index contributed by atoms with van der Waals surface area (Å²) < 4.78 is 10.7. The summed E-state index contributed by atoms with van der Waals surface area (Å²) in [7, 11) is 2.00. The molecule has 4 amide bonds. The zero-order chi connectivity index (χ0) is 26.6. The normalized spacial score (nSPS) is 10.4. The van der Waals surface area contributed by atoms with E-state index in [9.17, 15) is 19.2 Å². The molecule has 0 saturated carbocycles. The van der Waals surface area contributed by atoms with Gasteiger partial charge in [-0.25, -0.2) is 24.7 Å². The third-order valence-electron chi connectivity index (χ3n) is 4.32. The van der Waals surface area contributed by atoms with E-state index in [0.29, 0.717) is 4.60 Å². The first-order valence-electron chi connectivity index (χ1n) is 9.51. The number of hydrogen-bond acceptors (Lipinski definition) is 8. The lowest BCUT2D eigenvalue weighted by molar-refractivity contribution is 0.0636. The first kappa shape index (κ1) is 27.4. The summed E-state index contributed by atoms with van der Waals surface area (Å²) in [5, 5.41) is 7.35. The molecular formula is C20H14Br2Cl2N6O6. The first-order chi connectivity index (χ1) is 17.1. The lowest BCUT2D eigenvalue weighted by Gasteiger charge is -2.20. The molecule has 0 unspecified atom stereocenters. The molecule has 3 aromatic rings. The summed E-state index contributed by atoms with van der Waals surface area (Å²) in [6.45, 7) is 0. The number of pyridine rings is 1. The Labute approximate surface area is 230 Å². The van der Waals surface area contributed by atoms with Crippen LogP contribution < -0.4 is 10.7 Å². The first-order valence-corrected chi connectivity index (χ1v) is 11.8. The van der Waals surface area contributed by atoms with Gasteiger partial charge in [0, 0.05) is 21.8 Å². The number of carbonyl (C=O) groups is 4. The molecule has 3 rings (SSSR count). The SMILES string of the molecule is COC(=O)N(NC(=O)c1cc(Cl)cc(Br)c1NC(=O)c1cc(Br)nn1-c1ncccc1Cl)C(=O)OC. The molecule has 0 fully saturated rings. The van der Waals surface area contributed by atoms with Gasteiger partial charge in [0.1, 0.15) is 10.3 Å². The summed E-state index contributed by atoms with van der Waals surface area (Å²) >= 11 is 18.8. The van der Waals surface area contributed by atoms with Crippen molar-refractivity contribution in [2.45, 2.75) is 0 Å². The molecule has 0 atom stereocenters. The topological polar surface area (TPSA) is 145 Å². The second-order valence-corrected chi connectivity index (χ2v) is 9.06. The minimum Gasteiger partial charge on any atom is -0.451 e. The largest absolute Gasteiger partial charge is 0.451 e. The average Bonchev–Trinajstić information content (AvgIpc) is 3.24. The van der Waals surface area contributed by atoms with Crippen LogP contribution in [-0.2, 0) is 9.47 Å². The van der Waals surface area contributed by atoms with Crippen LogP contribution in [0.15, 0.2) is 45.6 Å². The summed E-state index contributed by atoms with van der Waals surface area (Å²) in [6, 6.07) is 7.25. The zero-order valence-corrected chi connectivity index (χ0v) is 22.9. The lowest BCUT2D eigenvalue weighted by Crippen LogP contribution is -2.49. The van der Waals surface area contributed by atoms with Crippen molar-refractivity contribution in [1.29, 1.82) is 0 Å². The van der Waals surface area contributed by atoms with Crippen LogP contribution in [0.2, 0.25) is 10.0 Å². The van der Waals surface area contributed by atoms with Crippen molar-refractivity contribution in [3.8, 4) is 5.82 Å². The molecule has 36 heavy (non-hydrogen) atoms. The molecule has 16 heteroatoms. The van der Waals surface area contributed by atoms with Crippen molar-refractivity contribution in [2.75, 3.05) is 19.5 Å². The highest BCUT2D eigenvalue weighted by Crippen LogP contribution is 2.32. The molecule has 2 aromatic heterocycles. The molecule has 2 heterocycles. The zero-order valence-electron chi connectivity index (χ0n) is 18.2. The van der Waals surface area contributed by atoms with Gasteiger partial charge in [0.05, 0.1) is 30.5 Å². The van der Waals surface area contributed by atoms with E-state index in [2.05, 4.69) is 62.2 Å². The second kappa shape index (κ2) is 11.7. The molecule has 12 nitrogen and oxygen atoms in total. The van der Waals surface area contributed by atoms with E-state index >= 15 is 0 Å². The van der Waals surface area contributed by atoms with Crippen LogP contribution in [0, 0.1) is 0 Å². The van der Waals surface area contributed by atoms with Crippen molar-refractivity contribution in [1.82, 2.24) is 25.2 Å². The Morgan fingerprint density at radius 1 is 1.03 bits per heavy atom. The van der Waals surface area contributed by atoms with Crippen LogP contribution in [0.5, 0.6) is 0 Å². The van der Waals surface area contributed by atoms with Gasteiger partial charge in [-0.3, -0.25) is 9.59 Å². The van der Waals surface area contributed by atoms with Gasteiger partial charge < -0.3 is 14.8 Å². The second-order valence-electron chi connectivity index (χ2n) is 6.55. The van der Waals surface area contributed by atoms with E-state index in [1.807, 2.05) is 0 Å². The van der Waals surface area contributed by atoms with Crippen molar-refractivity contribution >= 4 is 84.7 Å². The fraction of sp³-hybridized carbons (Fsp3) is 0.100. The smallest absolute Gasteiger partial charge is 0.438 e. The molecule has 0 aliphatic rings. The number of ether oxygens (including phenoxy) is 2. The van der Waals surface area contributed by atoms with Crippen molar-refractivity contribution < 1.29 is 28.7 Å². The molecule has 0 bridgehead atoms. The number of benzene rings is 1. The van der Waals surface area contributed by atoms with Crippen LogP contribution in [0.25, 0.3) is 5.82 Å². The number of halogens is 4. The monoisotopic (exact) mass is 662 g/mol. The standard InChI is InChI=1S/C20H14Br2Cl2N6O6/c1-35-19(33)30(20(34)36-2)28-17(31)10-6-9(23)7-11(21)15(10)26-18(32)13-8-14(22)27-29(13)16-12(24)4-3-5-25-16/h3-8H,1-2H3,(H,26,32)(H,28,31). The quantitative estimate of drug-likeness (QED) is 0.378.